The topological polar surface area (TPSA) is 64.6 Å². The SMILES string of the molecule is Cc1cc(C)cc(C(=O)OCNCOC(=O)c2cc(C)cc(C)c2)c1. The largest absolute Gasteiger partial charge is 0.446 e. The van der Waals surface area contributed by atoms with Gasteiger partial charge in [0.2, 0.25) is 0 Å². The summed E-state index contributed by atoms with van der Waals surface area (Å²) < 4.78 is 10.2. The Bertz CT molecular complexity index is 677. The first kappa shape index (κ1) is 18.7. The summed E-state index contributed by atoms with van der Waals surface area (Å²) in [6.45, 7) is 7.63. The molecule has 0 saturated carbocycles. The van der Waals surface area contributed by atoms with Crippen LogP contribution in [0.3, 0.4) is 0 Å². The molecule has 2 aromatic rings. The van der Waals surface area contributed by atoms with Crippen molar-refractivity contribution in [2.45, 2.75) is 27.7 Å². The molecule has 0 unspecified atom stereocenters. The van der Waals surface area contributed by atoms with Crippen LogP contribution in [0.5, 0.6) is 0 Å². The highest BCUT2D eigenvalue weighted by molar-refractivity contribution is 5.90. The molecule has 0 aliphatic heterocycles. The molecule has 0 aromatic heterocycles. The lowest BCUT2D eigenvalue weighted by atomic mass is 10.1. The van der Waals surface area contributed by atoms with E-state index in [-0.39, 0.29) is 13.5 Å². The maximum Gasteiger partial charge on any atom is 0.339 e. The molecule has 0 heterocycles. The number of nitrogens with one attached hydrogen (secondary N) is 1. The van der Waals surface area contributed by atoms with Gasteiger partial charge in [-0.1, -0.05) is 34.4 Å². The third-order valence-electron chi connectivity index (χ3n) is 3.53. The maximum atomic E-state index is 12.0. The Labute approximate surface area is 148 Å². The molecule has 0 radical (unpaired) electrons. The molecule has 0 bridgehead atoms. The van der Waals surface area contributed by atoms with E-state index in [0.29, 0.717) is 11.1 Å². The van der Waals surface area contributed by atoms with E-state index in [2.05, 4.69) is 5.32 Å². The van der Waals surface area contributed by atoms with Crippen LogP contribution in [0.25, 0.3) is 0 Å². The Kier molecular flexibility index (Phi) is 6.31. The molecule has 5 heteroatoms. The van der Waals surface area contributed by atoms with Crippen molar-refractivity contribution in [1.82, 2.24) is 5.32 Å². The summed E-state index contributed by atoms with van der Waals surface area (Å²) in [5.41, 5.74) is 5.02. The number of benzene rings is 2. The fraction of sp³-hybridized carbons (Fsp3) is 0.300. The van der Waals surface area contributed by atoms with Gasteiger partial charge in [-0.2, -0.15) is 0 Å². The molecule has 25 heavy (non-hydrogen) atoms. The minimum absolute atomic E-state index is 0.0358. The van der Waals surface area contributed by atoms with Gasteiger partial charge in [0.25, 0.3) is 0 Å². The Hall–Kier alpha value is -2.66. The smallest absolute Gasteiger partial charge is 0.339 e. The van der Waals surface area contributed by atoms with Crippen molar-refractivity contribution < 1.29 is 19.1 Å². The van der Waals surface area contributed by atoms with Crippen molar-refractivity contribution in [2.24, 2.45) is 0 Å². The first-order chi connectivity index (χ1) is 11.8. The standard InChI is InChI=1S/C20H23NO4/c1-13-5-14(2)8-17(7-13)19(22)24-11-21-12-25-20(23)18-9-15(3)6-16(4)10-18/h5-10,21H,11-12H2,1-4H3. The number of aryl methyl sites for hydroxylation is 4. The highest BCUT2D eigenvalue weighted by atomic mass is 16.6. The molecule has 2 rings (SSSR count). The zero-order valence-electron chi connectivity index (χ0n) is 15.0. The Balaban J connectivity index is 1.75. The first-order valence-corrected chi connectivity index (χ1v) is 8.07. The molecular formula is C20H23NO4. The third kappa shape index (κ3) is 5.72. The number of hydrogen-bond acceptors (Lipinski definition) is 5. The minimum Gasteiger partial charge on any atom is -0.446 e. The van der Waals surface area contributed by atoms with Crippen molar-refractivity contribution in [2.75, 3.05) is 13.5 Å². The lowest BCUT2D eigenvalue weighted by Crippen LogP contribution is -2.25. The van der Waals surface area contributed by atoms with Gasteiger partial charge in [0.05, 0.1) is 11.1 Å². The number of esters is 2. The van der Waals surface area contributed by atoms with E-state index in [1.165, 1.54) is 0 Å². The summed E-state index contributed by atoms with van der Waals surface area (Å²) >= 11 is 0. The highest BCUT2D eigenvalue weighted by Crippen LogP contribution is 2.11. The summed E-state index contributed by atoms with van der Waals surface area (Å²) in [7, 11) is 0. The lowest BCUT2D eigenvalue weighted by Gasteiger charge is -2.09. The normalized spacial score (nSPS) is 10.4. The van der Waals surface area contributed by atoms with Crippen molar-refractivity contribution in [1.29, 1.82) is 0 Å². The predicted molar refractivity (Wildman–Crippen MR) is 95.5 cm³/mol. The number of carbonyl (C=O) groups excluding carboxylic acids is 2. The molecule has 0 aliphatic carbocycles. The number of rotatable bonds is 6. The number of carbonyl (C=O) groups is 2. The molecule has 0 aliphatic rings. The molecule has 5 nitrogen and oxygen atoms in total. The van der Waals surface area contributed by atoms with Crippen LogP contribution in [0.2, 0.25) is 0 Å². The molecule has 1 N–H and O–H groups in total. The Morgan fingerprint density at radius 2 is 1.00 bits per heavy atom. The van der Waals surface area contributed by atoms with Crippen molar-refractivity contribution in [3.8, 4) is 0 Å². The van der Waals surface area contributed by atoms with Gasteiger partial charge in [-0.05, 0) is 52.0 Å². The summed E-state index contributed by atoms with van der Waals surface area (Å²) in [6.07, 6.45) is 0. The van der Waals surface area contributed by atoms with Gasteiger partial charge in [-0.3, -0.25) is 5.32 Å². The molecule has 132 valence electrons. The Morgan fingerprint density at radius 3 is 1.32 bits per heavy atom. The predicted octanol–water partition coefficient (Wildman–Crippen LogP) is 3.44. The highest BCUT2D eigenvalue weighted by Gasteiger charge is 2.10. The average Bonchev–Trinajstić information content (AvgIpc) is 2.52. The van der Waals surface area contributed by atoms with E-state index in [1.807, 2.05) is 39.8 Å². The van der Waals surface area contributed by atoms with Gasteiger partial charge in [-0.15, -0.1) is 0 Å². The first-order valence-electron chi connectivity index (χ1n) is 8.07. The zero-order chi connectivity index (χ0) is 18.4. The van der Waals surface area contributed by atoms with Crippen LogP contribution in [0.15, 0.2) is 36.4 Å². The van der Waals surface area contributed by atoms with Crippen LogP contribution >= 0.6 is 0 Å². The molecule has 0 atom stereocenters. The summed E-state index contributed by atoms with van der Waals surface area (Å²) in [5.74, 6) is -0.833. The third-order valence-corrected chi connectivity index (χ3v) is 3.53. The van der Waals surface area contributed by atoms with E-state index in [1.54, 1.807) is 24.3 Å². The maximum absolute atomic E-state index is 12.0. The molecule has 0 amide bonds. The van der Waals surface area contributed by atoms with Gasteiger partial charge in [0, 0.05) is 0 Å². The quantitative estimate of drug-likeness (QED) is 0.495. The van der Waals surface area contributed by atoms with E-state index in [4.69, 9.17) is 9.47 Å². The zero-order valence-corrected chi connectivity index (χ0v) is 15.0. The van der Waals surface area contributed by atoms with Gasteiger partial charge in [0.1, 0.15) is 13.5 Å². The van der Waals surface area contributed by atoms with Crippen molar-refractivity contribution >= 4 is 11.9 Å². The van der Waals surface area contributed by atoms with Crippen LogP contribution in [0, 0.1) is 27.7 Å². The molecule has 0 spiro atoms. The van der Waals surface area contributed by atoms with Crippen LogP contribution in [-0.4, -0.2) is 25.4 Å². The van der Waals surface area contributed by atoms with E-state index < -0.39 is 11.9 Å². The average molecular weight is 341 g/mol. The minimum atomic E-state index is -0.417. The van der Waals surface area contributed by atoms with Gasteiger partial charge in [-0.25, -0.2) is 9.59 Å². The molecule has 0 saturated heterocycles. The molecular weight excluding hydrogens is 318 g/mol. The fourth-order valence-electron chi connectivity index (χ4n) is 2.63. The second kappa shape index (κ2) is 8.44. The van der Waals surface area contributed by atoms with Crippen LogP contribution in [0.1, 0.15) is 43.0 Å². The van der Waals surface area contributed by atoms with E-state index >= 15 is 0 Å². The second-order valence-electron chi connectivity index (χ2n) is 6.16. The van der Waals surface area contributed by atoms with Gasteiger partial charge >= 0.3 is 11.9 Å². The lowest BCUT2D eigenvalue weighted by molar-refractivity contribution is 0.0328. The van der Waals surface area contributed by atoms with Crippen LogP contribution in [-0.2, 0) is 9.47 Å². The van der Waals surface area contributed by atoms with E-state index in [0.717, 1.165) is 22.3 Å². The number of hydrogen-bond donors (Lipinski definition) is 1. The van der Waals surface area contributed by atoms with Crippen LogP contribution in [0.4, 0.5) is 0 Å². The van der Waals surface area contributed by atoms with Crippen molar-refractivity contribution in [3.05, 3.63) is 69.8 Å². The van der Waals surface area contributed by atoms with Crippen molar-refractivity contribution in [3.63, 3.8) is 0 Å². The Morgan fingerprint density at radius 1 is 0.680 bits per heavy atom. The van der Waals surface area contributed by atoms with Gasteiger partial charge in [0.15, 0.2) is 0 Å². The second-order valence-corrected chi connectivity index (χ2v) is 6.16. The van der Waals surface area contributed by atoms with Gasteiger partial charge < -0.3 is 9.47 Å². The fourth-order valence-corrected chi connectivity index (χ4v) is 2.63. The number of ether oxygens (including phenoxy) is 2. The summed E-state index contributed by atoms with van der Waals surface area (Å²) in [4.78, 5) is 23.9. The molecule has 2 aromatic carbocycles. The summed E-state index contributed by atoms with van der Waals surface area (Å²) in [5, 5.41) is 2.76. The van der Waals surface area contributed by atoms with E-state index in [9.17, 15) is 9.59 Å². The molecule has 0 fully saturated rings. The summed E-state index contributed by atoms with van der Waals surface area (Å²) in [6, 6.07) is 11.1. The monoisotopic (exact) mass is 341 g/mol. The van der Waals surface area contributed by atoms with Crippen LogP contribution < -0.4 is 5.32 Å².